The molecule has 3 heterocycles. The van der Waals surface area contributed by atoms with Crippen LogP contribution in [0.1, 0.15) is 55.5 Å². The summed E-state index contributed by atoms with van der Waals surface area (Å²) in [5.41, 5.74) is 13.7. The van der Waals surface area contributed by atoms with Crippen LogP contribution in [0.4, 0.5) is 0 Å². The maximum atomic E-state index is 12.2. The van der Waals surface area contributed by atoms with Gasteiger partial charge in [0.05, 0.1) is 11.9 Å². The Hall–Kier alpha value is -3.76. The third-order valence-corrected chi connectivity index (χ3v) is 8.22. The lowest BCUT2D eigenvalue weighted by molar-refractivity contribution is 0.0827. The lowest BCUT2D eigenvalue weighted by Gasteiger charge is -2.38. The van der Waals surface area contributed by atoms with Crippen LogP contribution in [0, 0.1) is 11.3 Å². The van der Waals surface area contributed by atoms with Crippen LogP contribution in [0.15, 0.2) is 82.4 Å². The van der Waals surface area contributed by atoms with Crippen molar-refractivity contribution in [2.45, 2.75) is 51.6 Å². The van der Waals surface area contributed by atoms with Crippen molar-refractivity contribution in [1.29, 1.82) is 5.26 Å². The normalized spacial score (nSPS) is 24.3. The van der Waals surface area contributed by atoms with E-state index >= 15 is 0 Å². The molecule has 4 rings (SSSR count). The molecular weight excluding hydrogens is 484 g/mol. The zero-order valence-electron chi connectivity index (χ0n) is 24.2. The van der Waals surface area contributed by atoms with Gasteiger partial charge in [0.25, 0.3) is 5.91 Å². The summed E-state index contributed by atoms with van der Waals surface area (Å²) in [5.74, 6) is 1.06. The van der Waals surface area contributed by atoms with Gasteiger partial charge in [0.1, 0.15) is 6.04 Å². The first-order valence-corrected chi connectivity index (χ1v) is 13.8. The number of nitrogens with zero attached hydrogens (tertiary/aromatic N) is 4. The van der Waals surface area contributed by atoms with Crippen LogP contribution < -0.4 is 11.1 Å². The van der Waals surface area contributed by atoms with E-state index in [2.05, 4.69) is 73.3 Å². The first kappa shape index (κ1) is 28.3. The van der Waals surface area contributed by atoms with Gasteiger partial charge in [-0.25, -0.2) is 0 Å². The molecule has 1 fully saturated rings. The number of hydrogen-bond donors (Lipinski definition) is 2. The van der Waals surface area contributed by atoms with E-state index in [9.17, 15) is 10.1 Å². The number of likely N-dealkylation sites (tertiary alicyclic amines) is 1. The van der Waals surface area contributed by atoms with Crippen molar-refractivity contribution in [3.8, 4) is 6.07 Å². The maximum Gasteiger partial charge on any atom is 0.253 e. The van der Waals surface area contributed by atoms with Gasteiger partial charge in [-0.1, -0.05) is 35.9 Å². The fraction of sp³-hybridized carbons (Fsp3) is 0.438. The maximum absolute atomic E-state index is 12.2. The first-order valence-electron chi connectivity index (χ1n) is 13.8. The summed E-state index contributed by atoms with van der Waals surface area (Å²) in [6, 6.07) is 10.5. The summed E-state index contributed by atoms with van der Waals surface area (Å²) in [7, 11) is 5.67. The number of benzene rings is 1. The highest BCUT2D eigenvalue weighted by molar-refractivity contribution is 5.93. The summed E-state index contributed by atoms with van der Waals surface area (Å²) in [4.78, 5) is 18.7. The molecule has 0 spiro atoms. The highest BCUT2D eigenvalue weighted by Crippen LogP contribution is 2.34. The Balaban J connectivity index is 1.46. The lowest BCUT2D eigenvalue weighted by atomic mass is 9.85. The molecule has 3 N–H and O–H groups in total. The average Bonchev–Trinajstić information content (AvgIpc) is 2.92. The minimum absolute atomic E-state index is 0.0410. The highest BCUT2D eigenvalue weighted by atomic mass is 16.2. The predicted molar refractivity (Wildman–Crippen MR) is 158 cm³/mol. The minimum Gasteiger partial charge on any atom is -0.386 e. The molecule has 1 aromatic rings. The Morgan fingerprint density at radius 2 is 1.97 bits per heavy atom. The summed E-state index contributed by atoms with van der Waals surface area (Å²) in [6.45, 7) is 9.43. The molecule has 1 aromatic carbocycles. The van der Waals surface area contributed by atoms with E-state index in [0.29, 0.717) is 17.8 Å². The molecule has 7 nitrogen and oxygen atoms in total. The van der Waals surface area contributed by atoms with E-state index in [0.717, 1.165) is 49.2 Å². The molecule has 0 bridgehead atoms. The molecule has 3 aliphatic heterocycles. The molecule has 3 atom stereocenters. The number of rotatable bonds is 6. The van der Waals surface area contributed by atoms with Crippen LogP contribution in [0.2, 0.25) is 0 Å². The topological polar surface area (TPSA) is 88.6 Å². The van der Waals surface area contributed by atoms with Gasteiger partial charge in [0.15, 0.2) is 0 Å². The zero-order chi connectivity index (χ0) is 28.3. The number of nitrogens with one attached hydrogen (secondary N) is 1. The number of hydrogen-bond acceptors (Lipinski definition) is 6. The van der Waals surface area contributed by atoms with E-state index in [1.165, 1.54) is 22.4 Å². The lowest BCUT2D eigenvalue weighted by Crippen LogP contribution is -2.41. The third-order valence-electron chi connectivity index (χ3n) is 8.22. The summed E-state index contributed by atoms with van der Waals surface area (Å²) >= 11 is 0. The van der Waals surface area contributed by atoms with E-state index in [1.54, 1.807) is 19.0 Å². The zero-order valence-corrected chi connectivity index (χ0v) is 24.2. The van der Waals surface area contributed by atoms with Gasteiger partial charge in [-0.3, -0.25) is 9.69 Å². The second-order valence-corrected chi connectivity index (χ2v) is 11.3. The van der Waals surface area contributed by atoms with Crippen LogP contribution in [0.5, 0.6) is 0 Å². The molecule has 206 valence electrons. The second-order valence-electron chi connectivity index (χ2n) is 11.3. The number of amides is 1. The smallest absolute Gasteiger partial charge is 0.253 e. The monoisotopic (exact) mass is 526 g/mol. The molecule has 1 amide bonds. The predicted octanol–water partition coefficient (Wildman–Crippen LogP) is 4.27. The van der Waals surface area contributed by atoms with Crippen molar-refractivity contribution in [2.75, 3.05) is 40.8 Å². The summed E-state index contributed by atoms with van der Waals surface area (Å²) in [5, 5.41) is 12.9. The number of allylic oxidation sites excluding steroid dienone is 5. The Morgan fingerprint density at radius 1 is 1.26 bits per heavy atom. The summed E-state index contributed by atoms with van der Waals surface area (Å²) < 4.78 is 0. The van der Waals surface area contributed by atoms with Crippen molar-refractivity contribution in [2.24, 2.45) is 5.73 Å². The van der Waals surface area contributed by atoms with Crippen molar-refractivity contribution < 1.29 is 4.79 Å². The largest absolute Gasteiger partial charge is 0.386 e. The number of nitriles is 1. The molecular formula is C32H42N6O. The molecule has 7 heteroatoms. The number of likely N-dealkylation sites (N-methyl/N-ethyl adjacent to an activating group) is 1. The fourth-order valence-corrected chi connectivity index (χ4v) is 5.77. The number of nitrogens with two attached hydrogens (primary N) is 1. The first-order chi connectivity index (χ1) is 18.6. The molecule has 0 saturated carbocycles. The van der Waals surface area contributed by atoms with E-state index < -0.39 is 6.04 Å². The standard InChI is InChI=1S/C32H42N6O/c1-21(17-29-23(3)37(6)15-14-27(29)28-11-12-31(34)35-30(28)19-33)20-38-16-13-26(18-22(38)2)24-7-9-25(10-8-24)32(39)36(4)5/h7-12,14,17,22,26,30,35H,13,15-16,18,20,34H2,1-6H3/b21-17+. The van der Waals surface area contributed by atoms with Crippen molar-refractivity contribution in [3.05, 3.63) is 93.5 Å². The highest BCUT2D eigenvalue weighted by Gasteiger charge is 2.28. The van der Waals surface area contributed by atoms with E-state index in [1.807, 2.05) is 24.3 Å². The van der Waals surface area contributed by atoms with Crippen LogP contribution in [0.3, 0.4) is 0 Å². The van der Waals surface area contributed by atoms with Gasteiger partial charge in [0, 0.05) is 57.1 Å². The SMILES string of the molecule is CC1=C(/C=C(\C)CN2CCC(c3ccc(C(=O)N(C)C)cc3)CC2C)C(C2=CC=C(N)NC2C#N)=CCN1C. The van der Waals surface area contributed by atoms with Gasteiger partial charge in [-0.05, 0) is 81.0 Å². The minimum atomic E-state index is -0.463. The second kappa shape index (κ2) is 12.0. The number of carbonyl (C=O) groups excluding carboxylic acids is 1. The molecule has 3 unspecified atom stereocenters. The molecule has 3 aliphatic rings. The van der Waals surface area contributed by atoms with Crippen LogP contribution >= 0.6 is 0 Å². The molecule has 39 heavy (non-hydrogen) atoms. The van der Waals surface area contributed by atoms with Crippen LogP contribution in [-0.2, 0) is 0 Å². The van der Waals surface area contributed by atoms with Crippen molar-refractivity contribution in [1.82, 2.24) is 20.0 Å². The van der Waals surface area contributed by atoms with E-state index in [4.69, 9.17) is 5.73 Å². The number of piperidine rings is 1. The number of carbonyl (C=O) groups is 1. The van der Waals surface area contributed by atoms with Crippen molar-refractivity contribution >= 4 is 5.91 Å². The number of dihydropyridines is 1. The molecule has 1 saturated heterocycles. The van der Waals surface area contributed by atoms with Gasteiger partial charge < -0.3 is 20.9 Å². The fourth-order valence-electron chi connectivity index (χ4n) is 5.77. The molecule has 0 aromatic heterocycles. The van der Waals surface area contributed by atoms with Gasteiger partial charge >= 0.3 is 0 Å². The molecule has 0 aliphatic carbocycles. The Morgan fingerprint density at radius 3 is 2.62 bits per heavy atom. The van der Waals surface area contributed by atoms with E-state index in [-0.39, 0.29) is 5.91 Å². The summed E-state index contributed by atoms with van der Waals surface area (Å²) in [6.07, 6.45) is 10.5. The third kappa shape index (κ3) is 6.29. The van der Waals surface area contributed by atoms with Crippen LogP contribution in [0.25, 0.3) is 0 Å². The quantitative estimate of drug-likeness (QED) is 0.576. The Bertz CT molecular complexity index is 1290. The van der Waals surface area contributed by atoms with Gasteiger partial charge in [-0.15, -0.1) is 0 Å². The Kier molecular flexibility index (Phi) is 8.66. The Labute approximate surface area is 233 Å². The average molecular weight is 527 g/mol. The van der Waals surface area contributed by atoms with Crippen molar-refractivity contribution in [3.63, 3.8) is 0 Å². The molecule has 0 radical (unpaired) electrons. The van der Waals surface area contributed by atoms with Gasteiger partial charge in [-0.2, -0.15) is 5.26 Å². The van der Waals surface area contributed by atoms with Gasteiger partial charge in [0.2, 0.25) is 0 Å². The van der Waals surface area contributed by atoms with Crippen LogP contribution in [-0.4, -0.2) is 73.5 Å².